The van der Waals surface area contributed by atoms with E-state index >= 15 is 0 Å². The third-order valence-corrected chi connectivity index (χ3v) is 3.17. The highest BCUT2D eigenvalue weighted by molar-refractivity contribution is 9.11. The lowest BCUT2D eigenvalue weighted by molar-refractivity contribution is 0.177. The molecule has 1 aromatic rings. The molecule has 0 aliphatic carbocycles. The number of aromatic hydroxyl groups is 1. The molecular weight excluding hydrogens is 365 g/mol. The molecule has 0 radical (unpaired) electrons. The maximum Gasteiger partial charge on any atom is 0.407 e. The predicted molar refractivity (Wildman–Crippen MR) is 68.0 cm³/mol. The van der Waals surface area contributed by atoms with Gasteiger partial charge in [0.05, 0.1) is 10.5 Å². The number of carbonyl (C=O) groups excluding carboxylic acids is 1. The van der Waals surface area contributed by atoms with Gasteiger partial charge in [-0.05, 0) is 28.1 Å². The number of carbonyl (C=O) groups is 1. The highest BCUT2D eigenvalue weighted by Gasteiger charge is 2.27. The molecule has 1 saturated heterocycles. The summed E-state index contributed by atoms with van der Waals surface area (Å²) in [5, 5.41) is 12.4. The van der Waals surface area contributed by atoms with Crippen LogP contribution in [0.3, 0.4) is 0 Å². The Morgan fingerprint density at radius 2 is 2.12 bits per heavy atom. The fraction of sp³-hybridized carbons (Fsp3) is 0.222. The van der Waals surface area contributed by atoms with Crippen LogP contribution in [-0.4, -0.2) is 17.8 Å². The second-order valence-corrected chi connectivity index (χ2v) is 4.89. The van der Waals surface area contributed by atoms with Crippen molar-refractivity contribution in [2.24, 2.45) is 0 Å². The first-order valence-electron chi connectivity index (χ1n) is 4.19. The van der Waals surface area contributed by atoms with Gasteiger partial charge >= 0.3 is 6.09 Å². The van der Waals surface area contributed by atoms with Crippen LogP contribution >= 0.6 is 44.3 Å². The molecule has 1 fully saturated rings. The molecule has 2 rings (SSSR count). The average molecular weight is 373 g/mol. The number of benzene rings is 1. The molecular formula is C9H8Br2ClNO3. The second-order valence-electron chi connectivity index (χ2n) is 3.12. The Kier molecular flexibility index (Phi) is 4.46. The van der Waals surface area contributed by atoms with E-state index in [1.54, 1.807) is 12.1 Å². The Morgan fingerprint density at radius 1 is 1.44 bits per heavy atom. The van der Waals surface area contributed by atoms with Crippen molar-refractivity contribution in [3.05, 3.63) is 26.6 Å². The number of rotatable bonds is 1. The van der Waals surface area contributed by atoms with E-state index in [1.807, 2.05) is 0 Å². The summed E-state index contributed by atoms with van der Waals surface area (Å²) in [6.45, 7) is 0.231. The van der Waals surface area contributed by atoms with Crippen molar-refractivity contribution in [1.29, 1.82) is 0 Å². The number of amides is 1. The first-order chi connectivity index (χ1) is 7.08. The molecule has 2 N–H and O–H groups in total. The number of hydrogen-bond acceptors (Lipinski definition) is 3. The molecule has 7 heteroatoms. The van der Waals surface area contributed by atoms with E-state index in [1.165, 1.54) is 0 Å². The molecule has 4 nitrogen and oxygen atoms in total. The lowest BCUT2D eigenvalue weighted by Crippen LogP contribution is -2.18. The van der Waals surface area contributed by atoms with Crippen molar-refractivity contribution in [3.63, 3.8) is 0 Å². The summed E-state index contributed by atoms with van der Waals surface area (Å²) in [5.41, 5.74) is 0.627. The van der Waals surface area contributed by atoms with Crippen molar-refractivity contribution < 1.29 is 14.6 Å². The van der Waals surface area contributed by atoms with Crippen LogP contribution in [0.5, 0.6) is 5.75 Å². The summed E-state index contributed by atoms with van der Waals surface area (Å²) in [6.07, 6.45) is -0.463. The van der Waals surface area contributed by atoms with E-state index in [0.29, 0.717) is 10.0 Å². The molecule has 0 bridgehead atoms. The molecule has 1 heterocycles. The van der Waals surface area contributed by atoms with Gasteiger partial charge in [0.2, 0.25) is 0 Å². The predicted octanol–water partition coefficient (Wildman–Crippen LogP) is 3.12. The van der Waals surface area contributed by atoms with Crippen LogP contribution in [0.25, 0.3) is 0 Å². The zero-order chi connectivity index (χ0) is 11.0. The van der Waals surface area contributed by atoms with Gasteiger partial charge in [-0.1, -0.05) is 15.9 Å². The molecule has 0 unspecified atom stereocenters. The minimum atomic E-state index is -0.463. The Labute approximate surface area is 115 Å². The molecule has 1 amide bonds. The second kappa shape index (κ2) is 5.25. The number of halogens is 3. The molecule has 1 aliphatic rings. The Bertz CT molecular complexity index is 427. The van der Waals surface area contributed by atoms with Crippen LogP contribution in [0.1, 0.15) is 11.6 Å². The number of nitrogens with one attached hydrogen (secondary N) is 1. The number of ether oxygens (including phenoxy) is 1. The van der Waals surface area contributed by atoms with Gasteiger partial charge in [-0.15, -0.1) is 12.4 Å². The quantitative estimate of drug-likeness (QED) is 0.795. The third-order valence-electron chi connectivity index (χ3n) is 2.11. The number of alkyl carbamates (subject to hydrolysis) is 1. The maximum atomic E-state index is 10.9. The zero-order valence-electron chi connectivity index (χ0n) is 7.87. The van der Waals surface area contributed by atoms with Gasteiger partial charge in [0.15, 0.2) is 0 Å². The van der Waals surface area contributed by atoms with E-state index in [2.05, 4.69) is 37.2 Å². The smallest absolute Gasteiger partial charge is 0.407 e. The summed E-state index contributed by atoms with van der Waals surface area (Å²) >= 11 is 6.54. The number of hydrogen-bond donors (Lipinski definition) is 2. The fourth-order valence-corrected chi connectivity index (χ4v) is 2.66. The molecule has 1 aromatic carbocycles. The monoisotopic (exact) mass is 371 g/mol. The molecule has 0 spiro atoms. The highest BCUT2D eigenvalue weighted by atomic mass is 79.9. The van der Waals surface area contributed by atoms with Crippen molar-refractivity contribution in [3.8, 4) is 5.75 Å². The van der Waals surface area contributed by atoms with E-state index in [4.69, 9.17) is 4.74 Å². The molecule has 1 aliphatic heterocycles. The number of cyclic esters (lactones) is 1. The molecule has 16 heavy (non-hydrogen) atoms. The molecule has 0 saturated carbocycles. The van der Waals surface area contributed by atoms with E-state index in [9.17, 15) is 9.90 Å². The van der Waals surface area contributed by atoms with E-state index < -0.39 is 6.09 Å². The van der Waals surface area contributed by atoms with Crippen LogP contribution in [0.2, 0.25) is 0 Å². The topological polar surface area (TPSA) is 58.6 Å². The standard InChI is InChI=1S/C9H7Br2NO3.ClH/c10-4-1-5(8(13)6(11)2-4)7-3-15-9(14)12-7;/h1-2,7,13H,3H2,(H,12,14);1H/t7-;/m1./s1. The first-order valence-corrected chi connectivity index (χ1v) is 5.77. The highest BCUT2D eigenvalue weighted by Crippen LogP contribution is 2.36. The van der Waals surface area contributed by atoms with Crippen LogP contribution in [0.4, 0.5) is 4.79 Å². The summed E-state index contributed by atoms with van der Waals surface area (Å²) in [4.78, 5) is 10.9. The molecule has 1 atom stereocenters. The summed E-state index contributed by atoms with van der Waals surface area (Å²) < 4.78 is 6.16. The average Bonchev–Trinajstić information content (AvgIpc) is 2.58. The molecule has 0 aromatic heterocycles. The molecule has 88 valence electrons. The van der Waals surface area contributed by atoms with Crippen LogP contribution in [-0.2, 0) is 4.74 Å². The van der Waals surface area contributed by atoms with Crippen molar-refractivity contribution in [2.45, 2.75) is 6.04 Å². The zero-order valence-corrected chi connectivity index (χ0v) is 11.9. The summed E-state index contributed by atoms with van der Waals surface area (Å²) in [7, 11) is 0. The summed E-state index contributed by atoms with van der Waals surface area (Å²) in [6, 6.07) is 3.18. The fourth-order valence-electron chi connectivity index (χ4n) is 1.40. The minimum Gasteiger partial charge on any atom is -0.506 e. The van der Waals surface area contributed by atoms with E-state index in [0.717, 1.165) is 4.47 Å². The van der Waals surface area contributed by atoms with Gasteiger partial charge < -0.3 is 15.2 Å². The van der Waals surface area contributed by atoms with Crippen LogP contribution < -0.4 is 5.32 Å². The van der Waals surface area contributed by atoms with Crippen LogP contribution in [0.15, 0.2) is 21.1 Å². The third kappa shape index (κ3) is 2.61. The normalized spacial score (nSPS) is 18.6. The Morgan fingerprint density at radius 3 is 2.69 bits per heavy atom. The van der Waals surface area contributed by atoms with Gasteiger partial charge in [0.1, 0.15) is 12.4 Å². The van der Waals surface area contributed by atoms with Crippen molar-refractivity contribution in [1.82, 2.24) is 5.32 Å². The Balaban J connectivity index is 0.00000128. The lowest BCUT2D eigenvalue weighted by atomic mass is 10.1. The first kappa shape index (κ1) is 13.6. The van der Waals surface area contributed by atoms with Gasteiger partial charge in [-0.25, -0.2) is 4.79 Å². The largest absolute Gasteiger partial charge is 0.506 e. The summed E-state index contributed by atoms with van der Waals surface area (Å²) in [5.74, 6) is 0.119. The van der Waals surface area contributed by atoms with Gasteiger partial charge in [0, 0.05) is 10.0 Å². The maximum absolute atomic E-state index is 10.9. The van der Waals surface area contributed by atoms with E-state index in [-0.39, 0.29) is 30.8 Å². The van der Waals surface area contributed by atoms with Crippen molar-refractivity contribution in [2.75, 3.05) is 6.61 Å². The minimum absolute atomic E-state index is 0. The number of phenols is 1. The van der Waals surface area contributed by atoms with Gasteiger partial charge in [-0.3, -0.25) is 0 Å². The van der Waals surface area contributed by atoms with Gasteiger partial charge in [0.25, 0.3) is 0 Å². The van der Waals surface area contributed by atoms with Crippen molar-refractivity contribution >= 4 is 50.4 Å². The van der Waals surface area contributed by atoms with Gasteiger partial charge in [-0.2, -0.15) is 0 Å². The Hall–Kier alpha value is -0.460. The SMILES string of the molecule is Cl.O=C1N[C@@H](c2cc(Br)cc(Br)c2O)CO1. The lowest BCUT2D eigenvalue weighted by Gasteiger charge is -2.11. The van der Waals surface area contributed by atoms with Crippen LogP contribution in [0, 0.1) is 0 Å². The number of phenolic OH excluding ortho intramolecular Hbond substituents is 1.